The van der Waals surface area contributed by atoms with Crippen molar-refractivity contribution in [1.29, 1.82) is 0 Å². The molecule has 0 amide bonds. The summed E-state index contributed by atoms with van der Waals surface area (Å²) in [6.07, 6.45) is -0.240. The maximum Gasteiger partial charge on any atom is 0.0859 e. The molecule has 2 nitrogen and oxygen atoms in total. The molecule has 0 bridgehead atoms. The quantitative estimate of drug-likeness (QED) is 0.734. The Balaban J connectivity index is 2.17. The van der Waals surface area contributed by atoms with Crippen molar-refractivity contribution >= 4 is 10.8 Å². The van der Waals surface area contributed by atoms with Crippen LogP contribution in [0.5, 0.6) is 0 Å². The number of hydrogen-bond donors (Lipinski definition) is 2. The third kappa shape index (κ3) is 1.34. The summed E-state index contributed by atoms with van der Waals surface area (Å²) in [6.45, 7) is 0.702. The highest BCUT2D eigenvalue weighted by Crippen LogP contribution is 2.29. The SMILES string of the molecule is O[C@H]1CN[C@H]1c1cccc2ccccc12. The van der Waals surface area contributed by atoms with Crippen molar-refractivity contribution in [1.82, 2.24) is 5.32 Å². The minimum Gasteiger partial charge on any atom is -0.390 e. The number of aliphatic hydroxyl groups excluding tert-OH is 1. The lowest BCUT2D eigenvalue weighted by Crippen LogP contribution is -2.50. The number of rotatable bonds is 1. The minimum absolute atomic E-state index is 0.107. The monoisotopic (exact) mass is 199 g/mol. The highest BCUT2D eigenvalue weighted by atomic mass is 16.3. The van der Waals surface area contributed by atoms with Crippen LogP contribution in [0.15, 0.2) is 42.5 Å². The molecule has 0 radical (unpaired) electrons. The standard InChI is InChI=1S/C13H13NO/c15-12-8-14-13(12)11-7-3-5-9-4-1-2-6-10(9)11/h1-7,12-15H,8H2/t12-,13-/m0/s1. The Kier molecular flexibility index (Phi) is 1.97. The molecule has 1 aliphatic heterocycles. The van der Waals surface area contributed by atoms with Crippen molar-refractivity contribution in [2.24, 2.45) is 0 Å². The first-order chi connectivity index (χ1) is 7.36. The zero-order valence-corrected chi connectivity index (χ0v) is 8.35. The van der Waals surface area contributed by atoms with Gasteiger partial charge in [0.15, 0.2) is 0 Å². The molecular weight excluding hydrogens is 186 g/mol. The van der Waals surface area contributed by atoms with Crippen LogP contribution in [0.4, 0.5) is 0 Å². The van der Waals surface area contributed by atoms with Gasteiger partial charge >= 0.3 is 0 Å². The van der Waals surface area contributed by atoms with Crippen LogP contribution in [-0.4, -0.2) is 17.8 Å². The second-order valence-electron chi connectivity index (χ2n) is 4.02. The number of fused-ring (bicyclic) bond motifs is 1. The third-order valence-electron chi connectivity index (χ3n) is 3.09. The van der Waals surface area contributed by atoms with Gasteiger partial charge in [-0.25, -0.2) is 0 Å². The molecule has 0 aliphatic carbocycles. The average molecular weight is 199 g/mol. The van der Waals surface area contributed by atoms with Crippen molar-refractivity contribution in [3.05, 3.63) is 48.0 Å². The molecule has 15 heavy (non-hydrogen) atoms. The summed E-state index contributed by atoms with van der Waals surface area (Å²) < 4.78 is 0. The highest BCUT2D eigenvalue weighted by Gasteiger charge is 2.30. The van der Waals surface area contributed by atoms with Crippen molar-refractivity contribution in [2.75, 3.05) is 6.54 Å². The molecule has 1 fully saturated rings. The molecule has 0 unspecified atom stereocenters. The largest absolute Gasteiger partial charge is 0.390 e. The molecule has 2 aromatic carbocycles. The summed E-state index contributed by atoms with van der Waals surface area (Å²) in [5.41, 5.74) is 1.20. The van der Waals surface area contributed by atoms with Gasteiger partial charge in [-0.15, -0.1) is 0 Å². The van der Waals surface area contributed by atoms with Crippen molar-refractivity contribution < 1.29 is 5.11 Å². The number of aliphatic hydroxyl groups is 1. The van der Waals surface area contributed by atoms with E-state index in [0.29, 0.717) is 6.54 Å². The Morgan fingerprint density at radius 3 is 2.60 bits per heavy atom. The zero-order valence-electron chi connectivity index (χ0n) is 8.35. The van der Waals surface area contributed by atoms with Gasteiger partial charge in [0.05, 0.1) is 12.1 Å². The fourth-order valence-electron chi connectivity index (χ4n) is 2.18. The van der Waals surface area contributed by atoms with Crippen LogP contribution in [0, 0.1) is 0 Å². The average Bonchev–Trinajstić information content (AvgIpc) is 2.28. The summed E-state index contributed by atoms with van der Waals surface area (Å²) in [5.74, 6) is 0. The molecule has 3 rings (SSSR count). The Morgan fingerprint density at radius 2 is 1.87 bits per heavy atom. The lowest BCUT2D eigenvalue weighted by atomic mass is 9.91. The zero-order chi connectivity index (χ0) is 10.3. The van der Waals surface area contributed by atoms with Gasteiger partial charge < -0.3 is 10.4 Å². The second kappa shape index (κ2) is 3.33. The normalized spacial score (nSPS) is 25.1. The first-order valence-corrected chi connectivity index (χ1v) is 5.25. The van der Waals surface area contributed by atoms with E-state index in [1.807, 2.05) is 18.2 Å². The summed E-state index contributed by atoms with van der Waals surface area (Å²) in [7, 11) is 0. The molecule has 0 spiro atoms. The van der Waals surface area contributed by atoms with E-state index in [1.54, 1.807) is 0 Å². The van der Waals surface area contributed by atoms with Crippen LogP contribution in [-0.2, 0) is 0 Å². The summed E-state index contributed by atoms with van der Waals surface area (Å²) in [5, 5.41) is 15.4. The van der Waals surface area contributed by atoms with E-state index in [0.717, 1.165) is 0 Å². The van der Waals surface area contributed by atoms with Gasteiger partial charge in [-0.1, -0.05) is 42.5 Å². The fraction of sp³-hybridized carbons (Fsp3) is 0.231. The molecule has 0 aromatic heterocycles. The van der Waals surface area contributed by atoms with Crippen LogP contribution >= 0.6 is 0 Å². The van der Waals surface area contributed by atoms with Gasteiger partial charge in [0.2, 0.25) is 0 Å². The minimum atomic E-state index is -0.240. The first-order valence-electron chi connectivity index (χ1n) is 5.25. The van der Waals surface area contributed by atoms with E-state index in [2.05, 4.69) is 29.6 Å². The molecule has 2 heteroatoms. The number of β-amino-alcohol motifs (C(OH)–C–C–N with tert-alkyl or cyclic N) is 1. The van der Waals surface area contributed by atoms with Crippen LogP contribution in [0.25, 0.3) is 10.8 Å². The van der Waals surface area contributed by atoms with Gasteiger partial charge in [0.1, 0.15) is 0 Å². The van der Waals surface area contributed by atoms with Crippen LogP contribution in [0.1, 0.15) is 11.6 Å². The maximum atomic E-state index is 9.66. The van der Waals surface area contributed by atoms with Gasteiger partial charge in [-0.05, 0) is 16.3 Å². The summed E-state index contributed by atoms with van der Waals surface area (Å²) in [4.78, 5) is 0. The van der Waals surface area contributed by atoms with Crippen LogP contribution < -0.4 is 5.32 Å². The first kappa shape index (κ1) is 8.89. The summed E-state index contributed by atoms with van der Waals surface area (Å²) in [6, 6.07) is 14.6. The smallest absolute Gasteiger partial charge is 0.0859 e. The number of benzene rings is 2. The number of nitrogens with one attached hydrogen (secondary N) is 1. The van der Waals surface area contributed by atoms with Gasteiger partial charge in [0, 0.05) is 6.54 Å². The van der Waals surface area contributed by atoms with Crippen molar-refractivity contribution in [3.63, 3.8) is 0 Å². The molecule has 0 saturated carbocycles. The second-order valence-corrected chi connectivity index (χ2v) is 4.02. The maximum absolute atomic E-state index is 9.66. The van der Waals surface area contributed by atoms with Crippen molar-refractivity contribution in [2.45, 2.75) is 12.1 Å². The molecule has 76 valence electrons. The topological polar surface area (TPSA) is 32.3 Å². The van der Waals surface area contributed by atoms with E-state index >= 15 is 0 Å². The molecule has 2 N–H and O–H groups in total. The number of hydrogen-bond acceptors (Lipinski definition) is 2. The fourth-order valence-corrected chi connectivity index (χ4v) is 2.18. The van der Waals surface area contributed by atoms with Crippen molar-refractivity contribution in [3.8, 4) is 0 Å². The molecule has 1 saturated heterocycles. The van der Waals surface area contributed by atoms with E-state index in [1.165, 1.54) is 16.3 Å². The van der Waals surface area contributed by atoms with Crippen LogP contribution in [0.3, 0.4) is 0 Å². The molecule has 2 aromatic rings. The Morgan fingerprint density at radius 1 is 1.07 bits per heavy atom. The third-order valence-corrected chi connectivity index (χ3v) is 3.09. The van der Waals surface area contributed by atoms with E-state index in [4.69, 9.17) is 0 Å². The Hall–Kier alpha value is -1.38. The lowest BCUT2D eigenvalue weighted by Gasteiger charge is -2.35. The van der Waals surface area contributed by atoms with E-state index in [9.17, 15) is 5.11 Å². The van der Waals surface area contributed by atoms with Gasteiger partial charge in [0.25, 0.3) is 0 Å². The lowest BCUT2D eigenvalue weighted by molar-refractivity contribution is 0.0618. The predicted molar refractivity (Wildman–Crippen MR) is 60.7 cm³/mol. The summed E-state index contributed by atoms with van der Waals surface area (Å²) >= 11 is 0. The molecule has 2 atom stereocenters. The Labute approximate surface area is 88.5 Å². The van der Waals surface area contributed by atoms with E-state index in [-0.39, 0.29) is 12.1 Å². The van der Waals surface area contributed by atoms with Gasteiger partial charge in [-0.2, -0.15) is 0 Å². The molecule has 1 aliphatic rings. The molecule has 1 heterocycles. The predicted octanol–water partition coefficient (Wildman–Crippen LogP) is 1.84. The molecular formula is C13H13NO. The Bertz CT molecular complexity index is 489. The van der Waals surface area contributed by atoms with Gasteiger partial charge in [-0.3, -0.25) is 0 Å². The highest BCUT2D eigenvalue weighted by molar-refractivity contribution is 5.86. The van der Waals surface area contributed by atoms with E-state index < -0.39 is 0 Å². The van der Waals surface area contributed by atoms with Crippen LogP contribution in [0.2, 0.25) is 0 Å².